The van der Waals surface area contributed by atoms with Crippen LogP contribution in [0.2, 0.25) is 5.02 Å². The van der Waals surface area contributed by atoms with Crippen molar-refractivity contribution in [2.75, 3.05) is 13.1 Å². The molecule has 0 unspecified atom stereocenters. The highest BCUT2D eigenvalue weighted by molar-refractivity contribution is 6.32. The van der Waals surface area contributed by atoms with Crippen LogP contribution in [0.1, 0.15) is 38.3 Å². The minimum atomic E-state index is 0.0841. The predicted molar refractivity (Wildman–Crippen MR) is 135 cm³/mol. The van der Waals surface area contributed by atoms with Crippen LogP contribution in [0.4, 0.5) is 0 Å². The Labute approximate surface area is 195 Å². The molecule has 0 bridgehead atoms. The van der Waals surface area contributed by atoms with Crippen molar-refractivity contribution in [3.8, 4) is 17.0 Å². The van der Waals surface area contributed by atoms with E-state index in [1.165, 1.54) is 27.3 Å². The van der Waals surface area contributed by atoms with Crippen molar-refractivity contribution in [1.29, 1.82) is 0 Å². The van der Waals surface area contributed by atoms with E-state index in [2.05, 4.69) is 54.3 Å². The number of fused-ring (bicyclic) bond motifs is 5. The van der Waals surface area contributed by atoms with Crippen molar-refractivity contribution in [3.63, 3.8) is 0 Å². The van der Waals surface area contributed by atoms with Gasteiger partial charge in [0.15, 0.2) is 0 Å². The smallest absolute Gasteiger partial charge is 0.138 e. The average molecular weight is 445 g/mol. The summed E-state index contributed by atoms with van der Waals surface area (Å²) < 4.78 is 5.86. The first-order chi connectivity index (χ1) is 15.5. The van der Waals surface area contributed by atoms with E-state index in [0.717, 1.165) is 55.0 Å². The minimum absolute atomic E-state index is 0.0841. The molecule has 32 heavy (non-hydrogen) atoms. The highest BCUT2D eigenvalue weighted by atomic mass is 35.5. The molecule has 0 fully saturated rings. The van der Waals surface area contributed by atoms with Gasteiger partial charge in [0.1, 0.15) is 5.75 Å². The molecule has 4 heteroatoms. The molecule has 0 aliphatic carbocycles. The molecule has 4 aromatic rings. The number of hydrogen-bond donors (Lipinski definition) is 0. The summed E-state index contributed by atoms with van der Waals surface area (Å²) in [6.07, 6.45) is 2.28. The third-order valence-electron chi connectivity index (χ3n) is 6.26. The third-order valence-corrected chi connectivity index (χ3v) is 6.55. The van der Waals surface area contributed by atoms with Crippen LogP contribution >= 0.6 is 11.6 Å². The van der Waals surface area contributed by atoms with Crippen LogP contribution in [0.3, 0.4) is 0 Å². The third kappa shape index (κ3) is 3.85. The van der Waals surface area contributed by atoms with Crippen LogP contribution in [0.5, 0.6) is 5.75 Å². The number of ether oxygens (including phenoxy) is 1. The first-order valence-electron chi connectivity index (χ1n) is 11.6. The first kappa shape index (κ1) is 21.2. The Hall–Kier alpha value is -2.62. The second kappa shape index (κ2) is 8.73. The van der Waals surface area contributed by atoms with Crippen LogP contribution in [-0.4, -0.2) is 29.1 Å². The molecule has 5 rings (SSSR count). The van der Waals surface area contributed by atoms with Gasteiger partial charge < -0.3 is 4.74 Å². The zero-order valence-corrected chi connectivity index (χ0v) is 19.7. The quantitative estimate of drug-likeness (QED) is 0.303. The summed E-state index contributed by atoms with van der Waals surface area (Å²) in [4.78, 5) is 7.75. The van der Waals surface area contributed by atoms with Gasteiger partial charge in [-0.2, -0.15) is 0 Å². The molecule has 164 valence electrons. The van der Waals surface area contributed by atoms with E-state index >= 15 is 0 Å². The zero-order chi connectivity index (χ0) is 22.2. The molecule has 0 amide bonds. The summed E-state index contributed by atoms with van der Waals surface area (Å²) in [5.41, 5.74) is 5.92. The van der Waals surface area contributed by atoms with Gasteiger partial charge in [0, 0.05) is 24.0 Å². The maximum atomic E-state index is 6.62. The van der Waals surface area contributed by atoms with Crippen LogP contribution < -0.4 is 4.74 Å². The predicted octanol–water partition coefficient (Wildman–Crippen LogP) is 7.26. The second-order valence-electron chi connectivity index (χ2n) is 8.94. The summed E-state index contributed by atoms with van der Waals surface area (Å²) in [6.45, 7) is 9.39. The Kier molecular flexibility index (Phi) is 5.79. The van der Waals surface area contributed by atoms with Gasteiger partial charge in [-0.25, -0.2) is 4.98 Å². The summed E-state index contributed by atoms with van der Waals surface area (Å²) in [6, 6.07) is 19.1. The highest BCUT2D eigenvalue weighted by Gasteiger charge is 2.24. The van der Waals surface area contributed by atoms with E-state index in [-0.39, 0.29) is 6.10 Å². The molecule has 1 aliphatic heterocycles. The SMILES string of the molecule is CCCN1CCc2c(c(-c3ccc(OC(C)C)c(Cl)c3)nc3ccc4ccccc4c23)C1. The lowest BCUT2D eigenvalue weighted by Crippen LogP contribution is -2.32. The minimum Gasteiger partial charge on any atom is -0.489 e. The lowest BCUT2D eigenvalue weighted by atomic mass is 9.89. The lowest BCUT2D eigenvalue weighted by Gasteiger charge is -2.31. The van der Waals surface area contributed by atoms with Crippen LogP contribution in [-0.2, 0) is 13.0 Å². The van der Waals surface area contributed by atoms with E-state index in [4.69, 9.17) is 21.3 Å². The Morgan fingerprint density at radius 3 is 2.69 bits per heavy atom. The molecule has 1 aromatic heterocycles. The number of pyridine rings is 1. The molecule has 3 nitrogen and oxygen atoms in total. The number of hydrogen-bond acceptors (Lipinski definition) is 3. The molecule has 3 aromatic carbocycles. The Morgan fingerprint density at radius 2 is 1.91 bits per heavy atom. The van der Waals surface area contributed by atoms with Gasteiger partial charge in [-0.15, -0.1) is 0 Å². The molecule has 0 atom stereocenters. The molecule has 0 radical (unpaired) electrons. The van der Waals surface area contributed by atoms with Crippen molar-refractivity contribution >= 4 is 33.3 Å². The first-order valence-corrected chi connectivity index (χ1v) is 11.9. The summed E-state index contributed by atoms with van der Waals surface area (Å²) in [5.74, 6) is 0.721. The standard InChI is InChI=1S/C28H29ClN2O/c1-4-14-31-15-13-22-23(17-31)28(20-10-12-26(24(29)16-20)32-18(2)3)30-25-11-9-19-7-5-6-8-21(19)27(22)25/h5-12,16,18H,4,13-15,17H2,1-3H3. The molecule has 0 spiro atoms. The van der Waals surface area contributed by atoms with Gasteiger partial charge in [-0.1, -0.05) is 48.9 Å². The lowest BCUT2D eigenvalue weighted by molar-refractivity contribution is 0.242. The molecule has 1 aliphatic rings. The van der Waals surface area contributed by atoms with E-state index < -0.39 is 0 Å². The second-order valence-corrected chi connectivity index (χ2v) is 9.34. The van der Waals surface area contributed by atoms with Crippen LogP contribution in [0.25, 0.3) is 32.9 Å². The largest absolute Gasteiger partial charge is 0.489 e. The number of nitrogens with zero attached hydrogens (tertiary/aromatic N) is 2. The molecular formula is C28H29ClN2O. The van der Waals surface area contributed by atoms with Crippen molar-refractivity contribution in [2.24, 2.45) is 0 Å². The maximum Gasteiger partial charge on any atom is 0.138 e. The van der Waals surface area contributed by atoms with Gasteiger partial charge in [0.2, 0.25) is 0 Å². The van der Waals surface area contributed by atoms with Crippen molar-refractivity contribution in [1.82, 2.24) is 9.88 Å². The fraction of sp³-hybridized carbons (Fsp3) is 0.321. The Balaban J connectivity index is 1.73. The van der Waals surface area contributed by atoms with Gasteiger partial charge in [0.25, 0.3) is 0 Å². The highest BCUT2D eigenvalue weighted by Crippen LogP contribution is 2.39. The summed E-state index contributed by atoms with van der Waals surface area (Å²) in [7, 11) is 0. The fourth-order valence-corrected chi connectivity index (χ4v) is 5.14. The van der Waals surface area contributed by atoms with E-state index in [0.29, 0.717) is 5.02 Å². The monoisotopic (exact) mass is 444 g/mol. The van der Waals surface area contributed by atoms with Crippen LogP contribution in [0, 0.1) is 0 Å². The molecule has 0 N–H and O–H groups in total. The average Bonchev–Trinajstić information content (AvgIpc) is 2.79. The topological polar surface area (TPSA) is 25.4 Å². The number of aromatic nitrogens is 1. The Bertz CT molecular complexity index is 1300. The Morgan fingerprint density at radius 1 is 1.06 bits per heavy atom. The molecular weight excluding hydrogens is 416 g/mol. The van der Waals surface area contributed by atoms with Crippen LogP contribution in [0.15, 0.2) is 54.6 Å². The van der Waals surface area contributed by atoms with Gasteiger partial charge >= 0.3 is 0 Å². The van der Waals surface area contributed by atoms with E-state index in [1.54, 1.807) is 0 Å². The van der Waals surface area contributed by atoms with E-state index in [1.807, 2.05) is 26.0 Å². The summed E-state index contributed by atoms with van der Waals surface area (Å²) >= 11 is 6.62. The number of halogens is 1. The number of rotatable bonds is 5. The van der Waals surface area contributed by atoms with Crippen molar-refractivity contribution in [2.45, 2.75) is 46.3 Å². The number of benzene rings is 3. The summed E-state index contributed by atoms with van der Waals surface area (Å²) in [5, 5.41) is 4.50. The normalized spacial score (nSPS) is 14.3. The van der Waals surface area contributed by atoms with Gasteiger partial charge in [0.05, 0.1) is 22.3 Å². The molecule has 0 saturated heterocycles. The molecule has 0 saturated carbocycles. The van der Waals surface area contributed by atoms with Crippen molar-refractivity contribution < 1.29 is 4.74 Å². The maximum absolute atomic E-state index is 6.62. The van der Waals surface area contributed by atoms with E-state index in [9.17, 15) is 0 Å². The van der Waals surface area contributed by atoms with Gasteiger partial charge in [-0.3, -0.25) is 4.90 Å². The zero-order valence-electron chi connectivity index (χ0n) is 19.0. The van der Waals surface area contributed by atoms with Gasteiger partial charge in [-0.05, 0) is 79.4 Å². The van der Waals surface area contributed by atoms with Crippen molar-refractivity contribution in [3.05, 3.63) is 70.7 Å². The fourth-order valence-electron chi connectivity index (χ4n) is 4.91. The molecule has 2 heterocycles.